The predicted octanol–water partition coefficient (Wildman–Crippen LogP) is 2.83. The Hall–Kier alpha value is -2.34. The van der Waals surface area contributed by atoms with E-state index in [-0.39, 0.29) is 19.8 Å². The molecule has 0 radical (unpaired) electrons. The van der Waals surface area contributed by atoms with Crippen molar-refractivity contribution >= 4 is 12.1 Å². The number of amides is 1. The topological polar surface area (TPSA) is 73.9 Å². The van der Waals surface area contributed by atoms with Crippen molar-refractivity contribution in [1.82, 2.24) is 5.32 Å². The van der Waals surface area contributed by atoms with Crippen LogP contribution >= 0.6 is 0 Å². The molecule has 1 rings (SSSR count). The van der Waals surface area contributed by atoms with Crippen molar-refractivity contribution in [3.8, 4) is 0 Å². The summed E-state index contributed by atoms with van der Waals surface area (Å²) in [6, 6.07) is 8.32. The van der Waals surface area contributed by atoms with Crippen LogP contribution in [0.1, 0.15) is 26.3 Å². The van der Waals surface area contributed by atoms with Crippen molar-refractivity contribution in [2.45, 2.75) is 39.0 Å². The largest absolute Gasteiger partial charge is 0.459 e. The Balaban J connectivity index is 2.60. The van der Waals surface area contributed by atoms with Gasteiger partial charge in [0.1, 0.15) is 12.2 Å². The van der Waals surface area contributed by atoms with Crippen LogP contribution in [0.4, 0.5) is 4.79 Å². The average molecular weight is 335 g/mol. The Morgan fingerprint density at radius 3 is 2.50 bits per heavy atom. The van der Waals surface area contributed by atoms with E-state index >= 15 is 0 Å². The summed E-state index contributed by atoms with van der Waals surface area (Å²) >= 11 is 0. The van der Waals surface area contributed by atoms with E-state index in [1.54, 1.807) is 26.8 Å². The molecule has 0 unspecified atom stereocenters. The summed E-state index contributed by atoms with van der Waals surface area (Å²) in [5.41, 5.74) is 0.193. The Morgan fingerprint density at radius 1 is 1.25 bits per heavy atom. The van der Waals surface area contributed by atoms with E-state index in [4.69, 9.17) is 14.2 Å². The fourth-order valence-electron chi connectivity index (χ4n) is 1.72. The van der Waals surface area contributed by atoms with Crippen LogP contribution in [0, 0.1) is 0 Å². The molecular formula is C18H25NO5. The summed E-state index contributed by atoms with van der Waals surface area (Å²) in [5, 5.41) is 2.47. The number of alkyl carbamates (subject to hydrolysis) is 1. The van der Waals surface area contributed by atoms with E-state index in [0.717, 1.165) is 5.56 Å². The summed E-state index contributed by atoms with van der Waals surface area (Å²) in [4.78, 5) is 24.1. The van der Waals surface area contributed by atoms with Crippen molar-refractivity contribution in [2.24, 2.45) is 0 Å². The fourth-order valence-corrected chi connectivity index (χ4v) is 1.72. The first-order chi connectivity index (χ1) is 11.3. The highest BCUT2D eigenvalue weighted by atomic mass is 16.6. The van der Waals surface area contributed by atoms with Crippen LogP contribution in [0.3, 0.4) is 0 Å². The third-order valence-corrected chi connectivity index (χ3v) is 2.72. The lowest BCUT2D eigenvalue weighted by Gasteiger charge is -2.22. The van der Waals surface area contributed by atoms with Gasteiger partial charge in [0.15, 0.2) is 6.04 Å². The van der Waals surface area contributed by atoms with E-state index in [1.165, 1.54) is 0 Å². The normalized spacial score (nSPS) is 12.1. The minimum absolute atomic E-state index is 0.0289. The molecule has 0 aromatic heterocycles. The molecule has 0 spiro atoms. The molecule has 6 heteroatoms. The third kappa shape index (κ3) is 8.33. The first-order valence-corrected chi connectivity index (χ1v) is 7.70. The zero-order valence-corrected chi connectivity index (χ0v) is 14.4. The Morgan fingerprint density at radius 2 is 1.92 bits per heavy atom. The first kappa shape index (κ1) is 19.7. The highest BCUT2D eigenvalue weighted by molar-refractivity contribution is 5.81. The molecule has 24 heavy (non-hydrogen) atoms. The first-order valence-electron chi connectivity index (χ1n) is 7.70. The lowest BCUT2D eigenvalue weighted by Crippen LogP contribution is -2.46. The maximum atomic E-state index is 12.2. The fraction of sp³-hybridized carbons (Fsp3) is 0.444. The number of nitrogens with one attached hydrogen (secondary N) is 1. The van der Waals surface area contributed by atoms with Crippen molar-refractivity contribution in [1.29, 1.82) is 0 Å². The van der Waals surface area contributed by atoms with Gasteiger partial charge in [-0.1, -0.05) is 36.4 Å². The lowest BCUT2D eigenvalue weighted by atomic mass is 10.2. The van der Waals surface area contributed by atoms with Gasteiger partial charge in [0, 0.05) is 0 Å². The summed E-state index contributed by atoms with van der Waals surface area (Å²) in [6.07, 6.45) is 0.853. The molecule has 1 atom stereocenters. The van der Waals surface area contributed by atoms with Gasteiger partial charge in [0.2, 0.25) is 0 Å². The molecule has 0 saturated heterocycles. The lowest BCUT2D eigenvalue weighted by molar-refractivity contribution is -0.149. The Labute approximate surface area is 142 Å². The molecule has 0 aliphatic carbocycles. The van der Waals surface area contributed by atoms with E-state index in [1.807, 2.05) is 30.3 Å². The maximum absolute atomic E-state index is 12.2. The standard InChI is InChI=1S/C18H25NO5/c1-5-11-22-13-15(19-17(21)24-18(2,3)4)16(20)23-12-14-9-7-6-8-10-14/h5-10,15H,1,11-13H2,2-4H3,(H,19,21)/t15-/m0/s1. The molecule has 1 amide bonds. The maximum Gasteiger partial charge on any atom is 0.408 e. The van der Waals surface area contributed by atoms with Crippen LogP contribution in [0.2, 0.25) is 0 Å². The summed E-state index contributed by atoms with van der Waals surface area (Å²) in [7, 11) is 0. The van der Waals surface area contributed by atoms with Crippen LogP contribution in [0.15, 0.2) is 43.0 Å². The van der Waals surface area contributed by atoms with Crippen LogP contribution < -0.4 is 5.32 Å². The average Bonchev–Trinajstić information content (AvgIpc) is 2.51. The summed E-state index contributed by atoms with van der Waals surface area (Å²) < 4.78 is 15.7. The zero-order valence-electron chi connectivity index (χ0n) is 14.4. The second-order valence-electron chi connectivity index (χ2n) is 6.12. The van der Waals surface area contributed by atoms with Crippen molar-refractivity contribution in [3.05, 3.63) is 48.6 Å². The van der Waals surface area contributed by atoms with Crippen LogP contribution in [0.25, 0.3) is 0 Å². The molecule has 0 saturated carbocycles. The van der Waals surface area contributed by atoms with E-state index < -0.39 is 23.7 Å². The van der Waals surface area contributed by atoms with Crippen LogP contribution in [0.5, 0.6) is 0 Å². The van der Waals surface area contributed by atoms with Gasteiger partial charge in [-0.3, -0.25) is 0 Å². The highest BCUT2D eigenvalue weighted by Crippen LogP contribution is 2.08. The second-order valence-corrected chi connectivity index (χ2v) is 6.12. The van der Waals surface area contributed by atoms with Gasteiger partial charge in [-0.05, 0) is 26.3 Å². The van der Waals surface area contributed by atoms with E-state index in [0.29, 0.717) is 0 Å². The smallest absolute Gasteiger partial charge is 0.408 e. The minimum Gasteiger partial charge on any atom is -0.459 e. The number of carbonyl (C=O) groups is 2. The molecular weight excluding hydrogens is 310 g/mol. The van der Waals surface area contributed by atoms with Crippen molar-refractivity contribution in [3.63, 3.8) is 0 Å². The quantitative estimate of drug-likeness (QED) is 0.449. The monoisotopic (exact) mass is 335 g/mol. The molecule has 0 bridgehead atoms. The number of ether oxygens (including phenoxy) is 3. The number of benzene rings is 1. The Kier molecular flexibility index (Phi) is 7.98. The van der Waals surface area contributed by atoms with Gasteiger partial charge >= 0.3 is 12.1 Å². The second kappa shape index (κ2) is 9.72. The van der Waals surface area contributed by atoms with Crippen LogP contribution in [-0.2, 0) is 25.6 Å². The predicted molar refractivity (Wildman–Crippen MR) is 90.4 cm³/mol. The van der Waals surface area contributed by atoms with Gasteiger partial charge < -0.3 is 19.5 Å². The van der Waals surface area contributed by atoms with Gasteiger partial charge in [-0.15, -0.1) is 6.58 Å². The van der Waals surface area contributed by atoms with Gasteiger partial charge in [0.25, 0.3) is 0 Å². The molecule has 0 fully saturated rings. The van der Waals surface area contributed by atoms with Crippen molar-refractivity contribution < 1.29 is 23.8 Å². The highest BCUT2D eigenvalue weighted by Gasteiger charge is 2.25. The van der Waals surface area contributed by atoms with E-state index in [9.17, 15) is 9.59 Å². The van der Waals surface area contributed by atoms with Gasteiger partial charge in [-0.25, -0.2) is 9.59 Å². The number of rotatable bonds is 8. The molecule has 132 valence electrons. The molecule has 0 aliphatic rings. The molecule has 1 N–H and O–H groups in total. The number of hydrogen-bond acceptors (Lipinski definition) is 5. The Bertz CT molecular complexity index is 536. The van der Waals surface area contributed by atoms with E-state index in [2.05, 4.69) is 11.9 Å². The number of esters is 1. The molecule has 1 aromatic rings. The van der Waals surface area contributed by atoms with Gasteiger partial charge in [-0.2, -0.15) is 0 Å². The van der Waals surface area contributed by atoms with Crippen LogP contribution in [-0.4, -0.2) is 36.9 Å². The third-order valence-electron chi connectivity index (χ3n) is 2.72. The SMILES string of the molecule is C=CCOC[C@H](NC(=O)OC(C)(C)C)C(=O)OCc1ccccc1. The summed E-state index contributed by atoms with van der Waals surface area (Å²) in [5.74, 6) is -0.589. The minimum atomic E-state index is -0.955. The summed E-state index contributed by atoms with van der Waals surface area (Å²) in [6.45, 7) is 9.11. The molecule has 1 aromatic carbocycles. The molecule has 6 nitrogen and oxygen atoms in total. The molecule has 0 aliphatic heterocycles. The van der Waals surface area contributed by atoms with Crippen molar-refractivity contribution in [2.75, 3.05) is 13.2 Å². The number of carbonyl (C=O) groups excluding carboxylic acids is 2. The zero-order chi connectivity index (χ0) is 18.0. The number of hydrogen-bond donors (Lipinski definition) is 1. The molecule has 0 heterocycles. The van der Waals surface area contributed by atoms with Gasteiger partial charge in [0.05, 0.1) is 13.2 Å².